The van der Waals surface area contributed by atoms with Gasteiger partial charge in [0.15, 0.2) is 0 Å². The van der Waals surface area contributed by atoms with E-state index in [1.165, 1.54) is 19.4 Å². The second kappa shape index (κ2) is 6.93. The molecule has 0 radical (unpaired) electrons. The van der Waals surface area contributed by atoms with Gasteiger partial charge in [-0.3, -0.25) is 14.0 Å². The van der Waals surface area contributed by atoms with Gasteiger partial charge in [-0.1, -0.05) is 18.2 Å². The van der Waals surface area contributed by atoms with Crippen LogP contribution in [-0.2, 0) is 15.4 Å². The molecule has 0 aliphatic rings. The third-order valence-electron chi connectivity index (χ3n) is 2.85. The van der Waals surface area contributed by atoms with Crippen molar-refractivity contribution in [2.45, 2.75) is 6.92 Å². The number of anilines is 1. The average molecular weight is 315 g/mol. The summed E-state index contributed by atoms with van der Waals surface area (Å²) in [5, 5.41) is 9.20. The van der Waals surface area contributed by atoms with Crippen LogP contribution in [0.15, 0.2) is 42.6 Å². The van der Waals surface area contributed by atoms with Gasteiger partial charge in [-0.25, -0.2) is 4.21 Å². The highest BCUT2D eigenvalue weighted by Gasteiger charge is 2.26. The van der Waals surface area contributed by atoms with Crippen molar-refractivity contribution < 1.29 is 13.2 Å². The molecule has 2 aromatic rings. The molecule has 1 aromatic heterocycles. The van der Waals surface area contributed by atoms with Gasteiger partial charge in [0, 0.05) is 17.5 Å². The lowest BCUT2D eigenvalue weighted by atomic mass is 10.2. The summed E-state index contributed by atoms with van der Waals surface area (Å²) in [6.07, 6.45) is 1.34. The molecular weight excluding hydrogens is 302 g/mol. The fourth-order valence-electron chi connectivity index (χ4n) is 1.83. The van der Waals surface area contributed by atoms with Gasteiger partial charge in [-0.15, -0.1) is 0 Å². The van der Waals surface area contributed by atoms with Crippen LogP contribution >= 0.6 is 0 Å². The Labute approximate surface area is 130 Å². The van der Waals surface area contributed by atoms with Crippen LogP contribution in [0.5, 0.6) is 0 Å². The van der Waals surface area contributed by atoms with Gasteiger partial charge in [0.1, 0.15) is 6.07 Å². The van der Waals surface area contributed by atoms with E-state index in [0.29, 0.717) is 11.3 Å². The Morgan fingerprint density at radius 2 is 2.05 bits per heavy atom. The number of pyridine rings is 1. The summed E-state index contributed by atoms with van der Waals surface area (Å²) in [7, 11) is 1.22. The zero-order valence-corrected chi connectivity index (χ0v) is 12.8. The molecule has 1 amide bonds. The highest BCUT2D eigenvalue weighted by Crippen LogP contribution is 2.24. The van der Waals surface area contributed by atoms with Crippen molar-refractivity contribution in [3.8, 4) is 6.07 Å². The molecule has 0 saturated heterocycles. The number of hydrogen-bond acceptors (Lipinski definition) is 5. The molecule has 1 aromatic carbocycles. The molecule has 7 heteroatoms. The number of benzene rings is 1. The number of aryl methyl sites for hydroxylation is 1. The lowest BCUT2D eigenvalue weighted by Crippen LogP contribution is -2.34. The van der Waals surface area contributed by atoms with E-state index in [1.807, 2.05) is 6.07 Å². The SMILES string of the molecule is COS(=O)N(C(=O)c1ccccc1)c1cc(C)ncc1C#N. The van der Waals surface area contributed by atoms with Crippen molar-refractivity contribution in [3.63, 3.8) is 0 Å². The van der Waals surface area contributed by atoms with Crippen LogP contribution in [0.25, 0.3) is 0 Å². The highest BCUT2D eigenvalue weighted by molar-refractivity contribution is 7.82. The summed E-state index contributed by atoms with van der Waals surface area (Å²) in [5.41, 5.74) is 1.27. The van der Waals surface area contributed by atoms with Crippen LogP contribution in [-0.4, -0.2) is 22.2 Å². The van der Waals surface area contributed by atoms with E-state index in [-0.39, 0.29) is 11.3 Å². The van der Waals surface area contributed by atoms with Crippen LogP contribution in [0.3, 0.4) is 0 Å². The number of carbonyl (C=O) groups is 1. The Kier molecular flexibility index (Phi) is 4.99. The van der Waals surface area contributed by atoms with Gasteiger partial charge < -0.3 is 0 Å². The number of carbonyl (C=O) groups excluding carboxylic acids is 1. The number of rotatable bonds is 4. The van der Waals surface area contributed by atoms with E-state index in [4.69, 9.17) is 4.18 Å². The Balaban J connectivity index is 2.58. The first kappa shape index (κ1) is 15.8. The summed E-state index contributed by atoms with van der Waals surface area (Å²) in [4.78, 5) is 16.7. The molecular formula is C15H13N3O3S. The molecule has 1 atom stereocenters. The average Bonchev–Trinajstić information content (AvgIpc) is 2.55. The van der Waals surface area contributed by atoms with Crippen LogP contribution in [0.2, 0.25) is 0 Å². The van der Waals surface area contributed by atoms with Gasteiger partial charge in [0.25, 0.3) is 17.2 Å². The molecule has 112 valence electrons. The molecule has 0 aliphatic carbocycles. The topological polar surface area (TPSA) is 83.3 Å². The Morgan fingerprint density at radius 1 is 1.36 bits per heavy atom. The minimum absolute atomic E-state index is 0.139. The van der Waals surface area contributed by atoms with Crippen molar-refractivity contribution in [3.05, 3.63) is 59.4 Å². The third-order valence-corrected chi connectivity index (χ3v) is 3.80. The molecule has 0 aliphatic heterocycles. The lowest BCUT2D eigenvalue weighted by molar-refractivity contribution is 0.100. The summed E-state index contributed by atoms with van der Waals surface area (Å²) in [5.74, 6) is -0.525. The van der Waals surface area contributed by atoms with E-state index < -0.39 is 17.2 Å². The van der Waals surface area contributed by atoms with Crippen molar-refractivity contribution in [1.82, 2.24) is 4.98 Å². The third kappa shape index (κ3) is 3.19. The number of hydrogen-bond donors (Lipinski definition) is 0. The van der Waals surface area contributed by atoms with E-state index in [2.05, 4.69) is 4.98 Å². The number of aromatic nitrogens is 1. The van der Waals surface area contributed by atoms with Gasteiger partial charge in [0.05, 0.1) is 18.4 Å². The predicted molar refractivity (Wildman–Crippen MR) is 82.1 cm³/mol. The predicted octanol–water partition coefficient (Wildman–Crippen LogP) is 2.13. The van der Waals surface area contributed by atoms with Gasteiger partial charge in [-0.05, 0) is 25.1 Å². The first-order valence-electron chi connectivity index (χ1n) is 6.31. The molecule has 0 N–H and O–H groups in total. The first-order chi connectivity index (χ1) is 10.6. The molecule has 0 bridgehead atoms. The molecule has 0 fully saturated rings. The van der Waals surface area contributed by atoms with E-state index in [0.717, 1.165) is 4.31 Å². The quantitative estimate of drug-likeness (QED) is 0.863. The summed E-state index contributed by atoms with van der Waals surface area (Å²) in [6.45, 7) is 1.71. The van der Waals surface area contributed by atoms with Gasteiger partial charge in [-0.2, -0.15) is 9.57 Å². The van der Waals surface area contributed by atoms with Crippen molar-refractivity contribution in [1.29, 1.82) is 5.26 Å². The summed E-state index contributed by atoms with van der Waals surface area (Å²) in [6, 6.07) is 11.8. The van der Waals surface area contributed by atoms with Crippen molar-refractivity contribution in [2.24, 2.45) is 0 Å². The Morgan fingerprint density at radius 3 is 2.64 bits per heavy atom. The molecule has 6 nitrogen and oxygen atoms in total. The molecule has 0 spiro atoms. The first-order valence-corrected chi connectivity index (χ1v) is 7.34. The van der Waals surface area contributed by atoms with Crippen molar-refractivity contribution in [2.75, 3.05) is 11.4 Å². The van der Waals surface area contributed by atoms with Crippen LogP contribution in [0.4, 0.5) is 5.69 Å². The minimum Gasteiger partial charge on any atom is -0.277 e. The van der Waals surface area contributed by atoms with Gasteiger partial charge >= 0.3 is 0 Å². The normalized spacial score (nSPS) is 11.5. The lowest BCUT2D eigenvalue weighted by Gasteiger charge is -2.21. The maximum absolute atomic E-state index is 12.6. The zero-order chi connectivity index (χ0) is 16.1. The second-order valence-electron chi connectivity index (χ2n) is 4.30. The van der Waals surface area contributed by atoms with Crippen LogP contribution in [0, 0.1) is 18.3 Å². The number of nitrogens with zero attached hydrogens (tertiary/aromatic N) is 3. The molecule has 22 heavy (non-hydrogen) atoms. The smallest absolute Gasteiger partial charge is 0.272 e. The fourth-order valence-corrected chi connectivity index (χ4v) is 2.53. The standard InChI is InChI=1S/C15H13N3O3S/c1-11-8-14(13(9-16)10-17-11)18(22(20)21-2)15(19)12-6-4-3-5-7-12/h3-8,10H,1-2H3. The van der Waals surface area contributed by atoms with E-state index in [1.54, 1.807) is 37.3 Å². The largest absolute Gasteiger partial charge is 0.277 e. The monoisotopic (exact) mass is 315 g/mol. The summed E-state index contributed by atoms with van der Waals surface area (Å²) < 4.78 is 17.9. The van der Waals surface area contributed by atoms with E-state index >= 15 is 0 Å². The maximum Gasteiger partial charge on any atom is 0.272 e. The Bertz CT molecular complexity index is 756. The van der Waals surface area contributed by atoms with Crippen molar-refractivity contribution >= 4 is 22.9 Å². The van der Waals surface area contributed by atoms with E-state index in [9.17, 15) is 14.3 Å². The number of nitriles is 1. The molecule has 1 heterocycles. The molecule has 2 rings (SSSR count). The maximum atomic E-state index is 12.6. The van der Waals surface area contributed by atoms with Gasteiger partial charge in [0.2, 0.25) is 0 Å². The Hall–Kier alpha value is -2.56. The highest BCUT2D eigenvalue weighted by atomic mass is 32.2. The summed E-state index contributed by atoms with van der Waals surface area (Å²) >= 11 is -2.06. The fraction of sp³-hybridized carbons (Fsp3) is 0.133. The van der Waals surface area contributed by atoms with Crippen LogP contribution < -0.4 is 4.31 Å². The van der Waals surface area contributed by atoms with Crippen LogP contribution in [0.1, 0.15) is 21.6 Å². The number of amides is 1. The zero-order valence-electron chi connectivity index (χ0n) is 12.0. The second-order valence-corrected chi connectivity index (χ2v) is 5.44. The molecule has 0 saturated carbocycles. The molecule has 1 unspecified atom stereocenters. The minimum atomic E-state index is -2.06.